The Morgan fingerprint density at radius 1 is 1.54 bits per heavy atom. The highest BCUT2D eigenvalue weighted by atomic mass is 16.5. The van der Waals surface area contributed by atoms with Crippen LogP contribution in [0.25, 0.3) is 0 Å². The number of allylic oxidation sites excluding steroid dienone is 3. The molecule has 0 saturated carbocycles. The van der Waals surface area contributed by atoms with Crippen LogP contribution < -0.4 is 0 Å². The van der Waals surface area contributed by atoms with Crippen molar-refractivity contribution < 1.29 is 9.53 Å². The van der Waals surface area contributed by atoms with Crippen LogP contribution in [-0.2, 0) is 9.53 Å². The molecule has 0 saturated heterocycles. The van der Waals surface area contributed by atoms with Crippen molar-refractivity contribution in [3.63, 3.8) is 0 Å². The molecule has 0 heterocycles. The molecule has 13 heavy (non-hydrogen) atoms. The van der Waals surface area contributed by atoms with Crippen molar-refractivity contribution in [3.05, 3.63) is 23.8 Å². The first kappa shape index (κ1) is 11.5. The number of hydrogen-bond donors (Lipinski definition) is 0. The number of esters is 1. The van der Waals surface area contributed by atoms with E-state index < -0.39 is 0 Å². The molecule has 0 bridgehead atoms. The topological polar surface area (TPSA) is 26.3 Å². The molecule has 2 heteroatoms. The summed E-state index contributed by atoms with van der Waals surface area (Å²) < 4.78 is 4.58. The van der Waals surface area contributed by atoms with Crippen molar-refractivity contribution in [2.45, 2.75) is 27.2 Å². The summed E-state index contributed by atoms with van der Waals surface area (Å²) in [7, 11) is 0. The Kier molecular flexibility index (Phi) is 6.35. The second kappa shape index (κ2) is 7.17. The molecule has 0 unspecified atom stereocenters. The molecule has 0 aromatic heterocycles. The Bertz CT molecular complexity index is 274. The van der Waals surface area contributed by atoms with E-state index in [9.17, 15) is 4.79 Å². The van der Waals surface area contributed by atoms with Gasteiger partial charge >= 0.3 is 5.97 Å². The third kappa shape index (κ3) is 6.89. The van der Waals surface area contributed by atoms with E-state index in [4.69, 9.17) is 0 Å². The van der Waals surface area contributed by atoms with E-state index in [2.05, 4.69) is 16.8 Å². The maximum absolute atomic E-state index is 11.0. The summed E-state index contributed by atoms with van der Waals surface area (Å²) in [6.07, 6.45) is 8.22. The number of hydrogen-bond acceptors (Lipinski definition) is 2. The second-order valence-electron chi connectivity index (χ2n) is 2.54. The molecule has 0 aliphatic carbocycles. The van der Waals surface area contributed by atoms with Crippen LogP contribution in [0.3, 0.4) is 0 Å². The van der Waals surface area contributed by atoms with Crippen LogP contribution in [0.4, 0.5) is 0 Å². The van der Waals surface area contributed by atoms with E-state index in [0.717, 1.165) is 5.57 Å². The maximum atomic E-state index is 11.0. The van der Waals surface area contributed by atoms with E-state index >= 15 is 0 Å². The number of carbonyl (C=O) groups is 1. The summed E-state index contributed by atoms with van der Waals surface area (Å²) in [4.78, 5) is 11.0. The first-order valence-corrected chi connectivity index (χ1v) is 4.10. The molecule has 0 spiro atoms. The van der Waals surface area contributed by atoms with Crippen LogP contribution >= 0.6 is 0 Å². The van der Waals surface area contributed by atoms with Crippen molar-refractivity contribution >= 4 is 5.97 Å². The van der Waals surface area contributed by atoms with Gasteiger partial charge in [0.2, 0.25) is 0 Å². The van der Waals surface area contributed by atoms with Crippen molar-refractivity contribution in [1.82, 2.24) is 0 Å². The number of rotatable bonds is 3. The van der Waals surface area contributed by atoms with Crippen LogP contribution in [0, 0.1) is 12.0 Å². The Balaban J connectivity index is 3.95. The third-order valence-electron chi connectivity index (χ3n) is 1.26. The van der Waals surface area contributed by atoms with Gasteiger partial charge in [-0.2, -0.15) is 0 Å². The predicted molar refractivity (Wildman–Crippen MR) is 52.7 cm³/mol. The van der Waals surface area contributed by atoms with E-state index in [1.165, 1.54) is 0 Å². The molecule has 0 rings (SSSR count). The third-order valence-corrected chi connectivity index (χ3v) is 1.26. The van der Waals surface area contributed by atoms with Gasteiger partial charge < -0.3 is 4.74 Å². The highest BCUT2D eigenvalue weighted by molar-refractivity contribution is 5.73. The lowest BCUT2D eigenvalue weighted by atomic mass is 10.2. The molecule has 2 nitrogen and oxygen atoms in total. The molecule has 0 atom stereocenters. The monoisotopic (exact) mass is 178 g/mol. The average Bonchev–Trinajstić information content (AvgIpc) is 2.11. The van der Waals surface area contributed by atoms with Gasteiger partial charge in [0.15, 0.2) is 0 Å². The maximum Gasteiger partial charge on any atom is 0.323 e. The van der Waals surface area contributed by atoms with Crippen LogP contribution in [0.15, 0.2) is 23.8 Å². The summed E-state index contributed by atoms with van der Waals surface area (Å²) in [6, 6.07) is 0. The fourth-order valence-electron chi connectivity index (χ4n) is 0.691. The smallest absolute Gasteiger partial charge is 0.323 e. The minimum atomic E-state index is -0.312. The summed E-state index contributed by atoms with van der Waals surface area (Å²) >= 11 is 0. The van der Waals surface area contributed by atoms with Gasteiger partial charge in [-0.25, -0.2) is 0 Å². The molecule has 0 N–H and O–H groups in total. The summed E-state index contributed by atoms with van der Waals surface area (Å²) in [5.41, 5.74) is 0.959. The molecular weight excluding hydrogens is 164 g/mol. The highest BCUT2D eigenvalue weighted by Gasteiger charge is 2.00. The summed E-state index contributed by atoms with van der Waals surface area (Å²) in [6.45, 7) is 5.42. The molecule has 0 aliphatic rings. The van der Waals surface area contributed by atoms with Crippen LogP contribution in [0.1, 0.15) is 27.2 Å². The SMILES string of the molecule is CC#COC(=O)CC(C)=CC=CC. The standard InChI is InChI=1S/C11H14O2/c1-4-6-7-10(3)9-11(12)13-8-5-2/h4,6-7H,9H2,1-3H3. The number of ether oxygens (including phenoxy) is 1. The molecule has 70 valence electrons. The van der Waals surface area contributed by atoms with Gasteiger partial charge in [0.25, 0.3) is 0 Å². The lowest BCUT2D eigenvalue weighted by Gasteiger charge is -1.95. The van der Waals surface area contributed by atoms with E-state index in [1.807, 2.05) is 32.1 Å². The predicted octanol–water partition coefficient (Wildman–Crippen LogP) is 2.42. The lowest BCUT2D eigenvalue weighted by Crippen LogP contribution is -1.99. The van der Waals surface area contributed by atoms with Crippen molar-refractivity contribution in [2.75, 3.05) is 0 Å². The molecule has 0 radical (unpaired) electrons. The molecule has 0 fully saturated rings. The van der Waals surface area contributed by atoms with Crippen LogP contribution in [0.2, 0.25) is 0 Å². The van der Waals surface area contributed by atoms with Crippen molar-refractivity contribution in [2.24, 2.45) is 0 Å². The quantitative estimate of drug-likeness (QED) is 0.377. The molecule has 0 aromatic carbocycles. The average molecular weight is 178 g/mol. The van der Waals surface area contributed by atoms with E-state index in [1.54, 1.807) is 6.92 Å². The van der Waals surface area contributed by atoms with Crippen molar-refractivity contribution in [3.8, 4) is 12.0 Å². The first-order chi connectivity index (χ1) is 6.20. The largest absolute Gasteiger partial charge is 0.372 e. The van der Waals surface area contributed by atoms with Gasteiger partial charge in [-0.15, -0.1) is 0 Å². The minimum Gasteiger partial charge on any atom is -0.372 e. The molecular formula is C11H14O2. The Hall–Kier alpha value is -1.49. The van der Waals surface area contributed by atoms with E-state index in [-0.39, 0.29) is 5.97 Å². The van der Waals surface area contributed by atoms with E-state index in [0.29, 0.717) is 6.42 Å². The fourth-order valence-corrected chi connectivity index (χ4v) is 0.691. The molecule has 0 aliphatic heterocycles. The Morgan fingerprint density at radius 2 is 2.23 bits per heavy atom. The minimum absolute atomic E-state index is 0.291. The Labute approximate surface area is 79.3 Å². The lowest BCUT2D eigenvalue weighted by molar-refractivity contribution is -0.136. The van der Waals surface area contributed by atoms with Crippen molar-refractivity contribution in [1.29, 1.82) is 0 Å². The van der Waals surface area contributed by atoms with Crippen LogP contribution in [-0.4, -0.2) is 5.97 Å². The normalized spacial score (nSPS) is 10.8. The number of carbonyl (C=O) groups excluding carboxylic acids is 1. The zero-order chi connectivity index (χ0) is 10.1. The van der Waals surface area contributed by atoms with Gasteiger partial charge in [0, 0.05) is 6.92 Å². The summed E-state index contributed by atoms with van der Waals surface area (Å²) in [5, 5.41) is 0. The van der Waals surface area contributed by atoms with Crippen LogP contribution in [0.5, 0.6) is 0 Å². The highest BCUT2D eigenvalue weighted by Crippen LogP contribution is 2.01. The molecule has 0 amide bonds. The zero-order valence-electron chi connectivity index (χ0n) is 8.26. The fraction of sp³-hybridized carbons (Fsp3) is 0.364. The van der Waals surface area contributed by atoms with Gasteiger partial charge in [0.05, 0.1) is 6.42 Å². The van der Waals surface area contributed by atoms with Gasteiger partial charge in [-0.1, -0.05) is 29.7 Å². The second-order valence-corrected chi connectivity index (χ2v) is 2.54. The van der Waals surface area contributed by atoms with Gasteiger partial charge in [0.1, 0.15) is 6.11 Å². The molecule has 0 aromatic rings. The summed E-state index contributed by atoms with van der Waals surface area (Å²) in [5.74, 6) is 2.18. The zero-order valence-corrected chi connectivity index (χ0v) is 8.26. The van der Waals surface area contributed by atoms with Gasteiger partial charge in [-0.05, 0) is 13.8 Å². The van der Waals surface area contributed by atoms with Gasteiger partial charge in [-0.3, -0.25) is 4.79 Å². The Morgan fingerprint density at radius 3 is 2.77 bits per heavy atom. The first-order valence-electron chi connectivity index (χ1n) is 4.10.